The lowest BCUT2D eigenvalue weighted by molar-refractivity contribution is 0.597. The molecule has 5 nitrogen and oxygen atoms in total. The van der Waals surface area contributed by atoms with E-state index in [0.29, 0.717) is 19.6 Å². The van der Waals surface area contributed by atoms with Crippen molar-refractivity contribution in [1.29, 1.82) is 0 Å². The van der Waals surface area contributed by atoms with Gasteiger partial charge >= 0.3 is 0 Å². The lowest BCUT2D eigenvalue weighted by atomic mass is 9.62. The van der Waals surface area contributed by atoms with Crippen LogP contribution >= 0.6 is 61.3 Å². The number of halogens is 1. The van der Waals surface area contributed by atoms with Crippen LogP contribution in [-0.2, 0) is 36.9 Å². The molecule has 4 aromatic heterocycles. The van der Waals surface area contributed by atoms with E-state index in [4.69, 9.17) is 0 Å². The second kappa shape index (κ2) is 18.9. The number of benzene rings is 8. The Hall–Kier alpha value is -7.26. The molecule has 8 aromatic carbocycles. The van der Waals surface area contributed by atoms with E-state index in [2.05, 4.69) is 164 Å². The van der Waals surface area contributed by atoms with E-state index in [9.17, 15) is 16.8 Å². The van der Waals surface area contributed by atoms with Gasteiger partial charge in [0.25, 0.3) is 0 Å². The molecule has 396 valence electrons. The van der Waals surface area contributed by atoms with Gasteiger partial charge in [-0.15, -0.1) is 45.3 Å². The number of hydrogen-bond acceptors (Lipinski definition) is 9. The van der Waals surface area contributed by atoms with Crippen molar-refractivity contribution in [2.45, 2.75) is 51.7 Å². The summed E-state index contributed by atoms with van der Waals surface area (Å²) in [6, 6.07) is 70.2. The Morgan fingerprint density at radius 2 is 0.716 bits per heavy atom. The van der Waals surface area contributed by atoms with Crippen LogP contribution in [0.3, 0.4) is 0 Å². The Labute approximate surface area is 496 Å². The molecule has 0 unspecified atom stereocenters. The molecule has 0 bridgehead atoms. The molecule has 3 aliphatic heterocycles. The first-order valence-corrected chi connectivity index (χ1v) is 33.0. The van der Waals surface area contributed by atoms with Crippen LogP contribution in [0.5, 0.6) is 0 Å². The van der Waals surface area contributed by atoms with Crippen LogP contribution in [0, 0.1) is 0 Å². The van der Waals surface area contributed by atoms with Crippen molar-refractivity contribution in [2.75, 3.05) is 4.90 Å². The van der Waals surface area contributed by atoms with Gasteiger partial charge in [-0.05, 0) is 169 Å². The standard InChI is InChI=1S/C33H19NO2S3.C22H14S2.C12H7BrO2S.2CH4/c35-39(36)29-12-6-1-7-21(29)22-19-20(13-14-30(22)39)34-27-10-4-2-8-23(27)33(24-9-3-5-11-28(24)34)25-15-17-37-31(25)32-26(33)16-18-38-32;1-3-7-16-14(5-1)13-15-6-2-4-8-17(15)22(16)18-9-11-23-20(18)21-19(22)10-12-24-21;13-8-5-6-12-10(7-8)9-3-1-2-4-11(9)16(12,14)15;;/h1-19H;1-12H,13H2;1-7H;2*1H4. The van der Waals surface area contributed by atoms with E-state index in [1.165, 1.54) is 75.1 Å². The molecule has 3 aliphatic carbocycles. The normalized spacial score (nSPS) is 15.5. The van der Waals surface area contributed by atoms with Gasteiger partial charge in [-0.1, -0.05) is 152 Å². The second-order valence-corrected chi connectivity index (χ2v) is 28.7. The highest BCUT2D eigenvalue weighted by Gasteiger charge is 2.54. The quantitative estimate of drug-likeness (QED) is 0.164. The Balaban J connectivity index is 0.000000119. The van der Waals surface area contributed by atoms with Gasteiger partial charge in [0.05, 0.1) is 41.8 Å². The monoisotopic (exact) mass is 1230 g/mol. The number of thiophene rings is 4. The Morgan fingerprint density at radius 1 is 0.358 bits per heavy atom. The fraction of sp³-hybridized carbons (Fsp3) is 0.0725. The molecule has 81 heavy (non-hydrogen) atoms. The molecule has 0 N–H and O–H groups in total. The molecule has 6 aliphatic rings. The Kier molecular flexibility index (Phi) is 12.1. The predicted molar refractivity (Wildman–Crippen MR) is 339 cm³/mol. The largest absolute Gasteiger partial charge is 0.310 e. The maximum atomic E-state index is 13.3. The van der Waals surface area contributed by atoms with Gasteiger partial charge in [0.15, 0.2) is 0 Å². The summed E-state index contributed by atoms with van der Waals surface area (Å²) in [4.78, 5) is 9.52. The zero-order chi connectivity index (χ0) is 53.0. The maximum Gasteiger partial charge on any atom is 0.207 e. The third-order valence-corrected chi connectivity index (χ3v) is 24.9. The molecule has 12 heteroatoms. The van der Waals surface area contributed by atoms with Gasteiger partial charge in [-0.25, -0.2) is 16.8 Å². The van der Waals surface area contributed by atoms with Crippen LogP contribution in [0.1, 0.15) is 70.5 Å². The molecule has 7 heterocycles. The van der Waals surface area contributed by atoms with Crippen LogP contribution in [0.2, 0.25) is 0 Å². The van der Waals surface area contributed by atoms with Crippen molar-refractivity contribution in [2.24, 2.45) is 0 Å². The first-order chi connectivity index (χ1) is 38.6. The molecule has 12 aromatic rings. The molecule has 0 atom stereocenters. The highest BCUT2D eigenvalue weighted by atomic mass is 79.9. The van der Waals surface area contributed by atoms with E-state index in [1.54, 1.807) is 42.5 Å². The fourth-order valence-electron chi connectivity index (χ4n) is 13.7. The summed E-state index contributed by atoms with van der Waals surface area (Å²) >= 11 is 10.8. The molecule has 0 saturated heterocycles. The van der Waals surface area contributed by atoms with Gasteiger partial charge in [-0.3, -0.25) is 0 Å². The molecular formula is C69H48BrNO4S6. The zero-order valence-corrected chi connectivity index (χ0v) is 48.0. The molecule has 2 spiro atoms. The van der Waals surface area contributed by atoms with E-state index in [1.807, 2.05) is 87.8 Å². The van der Waals surface area contributed by atoms with Crippen molar-refractivity contribution in [3.8, 4) is 41.8 Å². The molecule has 0 saturated carbocycles. The minimum Gasteiger partial charge on any atom is -0.310 e. The second-order valence-electron chi connectivity index (χ2n) is 20.3. The van der Waals surface area contributed by atoms with Gasteiger partial charge in [0, 0.05) is 51.9 Å². The van der Waals surface area contributed by atoms with Gasteiger partial charge < -0.3 is 4.90 Å². The van der Waals surface area contributed by atoms with Crippen LogP contribution < -0.4 is 4.90 Å². The van der Waals surface area contributed by atoms with Gasteiger partial charge in [-0.2, -0.15) is 0 Å². The van der Waals surface area contributed by atoms with Crippen LogP contribution in [0.25, 0.3) is 41.8 Å². The van der Waals surface area contributed by atoms with Gasteiger partial charge in [0.2, 0.25) is 19.7 Å². The zero-order valence-electron chi connectivity index (χ0n) is 41.6. The lowest BCUT2D eigenvalue weighted by Crippen LogP contribution is -2.35. The summed E-state index contributed by atoms with van der Waals surface area (Å²) in [5.41, 5.74) is 19.8. The third kappa shape index (κ3) is 6.96. The smallest absolute Gasteiger partial charge is 0.207 e. The minimum atomic E-state index is -3.52. The number of rotatable bonds is 1. The summed E-state index contributed by atoms with van der Waals surface area (Å²) in [5, 5.41) is 8.94. The minimum absolute atomic E-state index is 0. The Bertz CT molecular complexity index is 4630. The van der Waals surface area contributed by atoms with E-state index in [-0.39, 0.29) is 25.7 Å². The molecular weight excluding hydrogens is 1180 g/mol. The van der Waals surface area contributed by atoms with Crippen LogP contribution in [-0.4, -0.2) is 16.8 Å². The van der Waals surface area contributed by atoms with Crippen molar-refractivity contribution in [3.05, 3.63) is 288 Å². The van der Waals surface area contributed by atoms with Crippen LogP contribution in [0.4, 0.5) is 17.1 Å². The average molecular weight is 1230 g/mol. The predicted octanol–water partition coefficient (Wildman–Crippen LogP) is 19.4. The summed E-state index contributed by atoms with van der Waals surface area (Å²) in [5.74, 6) is 0. The fourth-order valence-corrected chi connectivity index (χ4v) is 21.6. The summed E-state index contributed by atoms with van der Waals surface area (Å²) < 4.78 is 51.8. The summed E-state index contributed by atoms with van der Waals surface area (Å²) in [7, 11) is -6.82. The van der Waals surface area contributed by atoms with Crippen LogP contribution in [0.15, 0.2) is 252 Å². The van der Waals surface area contributed by atoms with Crippen molar-refractivity contribution >= 4 is 98.0 Å². The summed E-state index contributed by atoms with van der Waals surface area (Å²) in [6.45, 7) is 0. The number of nitrogens with zero attached hydrogens (tertiary/aromatic N) is 1. The SMILES string of the molecule is C.C.O=S1(=O)c2ccccc2-c2cc(Br)ccc21.O=S1(=O)c2ccccc2-c2cc(N3c4ccccc4C4(c5ccccc53)c3ccsc3-c3sccc34)ccc21.c1ccc2c(c1)Cc1ccccc1C21c2ccsc2-c2sccc21. The number of sulfone groups is 2. The Morgan fingerprint density at radius 3 is 1.19 bits per heavy atom. The highest BCUT2D eigenvalue weighted by Crippen LogP contribution is 2.66. The van der Waals surface area contributed by atoms with Gasteiger partial charge in [0.1, 0.15) is 0 Å². The average Bonchev–Trinajstić information content (AvgIpc) is 4.09. The molecule has 0 radical (unpaired) electrons. The van der Waals surface area contributed by atoms with Crippen molar-refractivity contribution < 1.29 is 16.8 Å². The molecule has 0 amide bonds. The summed E-state index contributed by atoms with van der Waals surface area (Å²) in [6.07, 6.45) is 1.03. The number of anilines is 3. The maximum absolute atomic E-state index is 13.3. The van der Waals surface area contributed by atoms with Crippen molar-refractivity contribution in [1.82, 2.24) is 0 Å². The first kappa shape index (κ1) is 51.9. The first-order valence-electron chi connectivity index (χ1n) is 25.7. The van der Waals surface area contributed by atoms with E-state index in [0.717, 1.165) is 50.2 Å². The number of para-hydroxylation sites is 2. The topological polar surface area (TPSA) is 71.5 Å². The highest BCUT2D eigenvalue weighted by molar-refractivity contribution is 9.10. The number of fused-ring (bicyclic) bond motifs is 24. The number of hydrogen-bond donors (Lipinski definition) is 0. The molecule has 0 fully saturated rings. The third-order valence-electron chi connectivity index (χ3n) is 16.7. The van der Waals surface area contributed by atoms with Crippen molar-refractivity contribution in [3.63, 3.8) is 0 Å². The van der Waals surface area contributed by atoms with E-state index >= 15 is 0 Å². The van der Waals surface area contributed by atoms with E-state index < -0.39 is 19.7 Å². The lowest BCUT2D eigenvalue weighted by Gasteiger charge is -2.44. The molecule has 18 rings (SSSR count).